The molecule has 2 rings (SSSR count). The predicted molar refractivity (Wildman–Crippen MR) is 87.9 cm³/mol. The van der Waals surface area contributed by atoms with Crippen molar-refractivity contribution in [2.24, 2.45) is 5.10 Å². The van der Waals surface area contributed by atoms with Crippen LogP contribution in [0.1, 0.15) is 18.1 Å². The Hall–Kier alpha value is -1.66. The standard InChI is InChI=1S/C15H15BrN2O2S/c1-11-7-9-13(10-8-11)21(19,20)18-17-12(2)14-5-3-4-6-15(14)16/h3-10,18H,1-2H3. The lowest BCUT2D eigenvalue weighted by molar-refractivity contribution is 0.584. The molecule has 21 heavy (non-hydrogen) atoms. The van der Waals surface area contributed by atoms with E-state index in [0.29, 0.717) is 5.71 Å². The Morgan fingerprint density at radius 1 is 1.10 bits per heavy atom. The third-order valence-electron chi connectivity index (χ3n) is 2.93. The lowest BCUT2D eigenvalue weighted by atomic mass is 10.1. The van der Waals surface area contributed by atoms with Crippen LogP contribution in [-0.4, -0.2) is 14.1 Å². The van der Waals surface area contributed by atoms with E-state index in [2.05, 4.69) is 25.9 Å². The molecule has 0 aliphatic carbocycles. The molecule has 0 bridgehead atoms. The minimum absolute atomic E-state index is 0.191. The lowest BCUT2D eigenvalue weighted by Crippen LogP contribution is -2.20. The second kappa shape index (κ2) is 6.41. The van der Waals surface area contributed by atoms with Gasteiger partial charge in [0.05, 0.1) is 10.6 Å². The van der Waals surface area contributed by atoms with Crippen LogP contribution in [0.25, 0.3) is 0 Å². The molecule has 0 saturated heterocycles. The Morgan fingerprint density at radius 2 is 1.71 bits per heavy atom. The highest BCUT2D eigenvalue weighted by atomic mass is 79.9. The normalized spacial score (nSPS) is 12.2. The van der Waals surface area contributed by atoms with E-state index in [-0.39, 0.29) is 4.90 Å². The smallest absolute Gasteiger partial charge is 0.200 e. The van der Waals surface area contributed by atoms with Gasteiger partial charge >= 0.3 is 0 Å². The molecule has 0 atom stereocenters. The van der Waals surface area contributed by atoms with Crippen LogP contribution in [-0.2, 0) is 10.0 Å². The molecule has 110 valence electrons. The molecule has 0 aliphatic heterocycles. The number of halogens is 1. The number of hydrogen-bond acceptors (Lipinski definition) is 3. The van der Waals surface area contributed by atoms with Gasteiger partial charge in [0.1, 0.15) is 0 Å². The van der Waals surface area contributed by atoms with E-state index in [1.54, 1.807) is 31.2 Å². The molecule has 0 unspecified atom stereocenters. The molecule has 6 heteroatoms. The molecule has 2 aromatic carbocycles. The van der Waals surface area contributed by atoms with Crippen LogP contribution in [0.4, 0.5) is 0 Å². The van der Waals surface area contributed by atoms with Crippen LogP contribution in [0.5, 0.6) is 0 Å². The second-order valence-electron chi connectivity index (χ2n) is 4.58. The van der Waals surface area contributed by atoms with Crippen molar-refractivity contribution in [2.45, 2.75) is 18.7 Å². The first-order valence-corrected chi connectivity index (χ1v) is 8.55. The van der Waals surface area contributed by atoms with E-state index < -0.39 is 10.0 Å². The molecule has 0 amide bonds. The van der Waals surface area contributed by atoms with Gasteiger partial charge in [-0.25, -0.2) is 0 Å². The Labute approximate surface area is 133 Å². The molecule has 0 saturated carbocycles. The van der Waals surface area contributed by atoms with E-state index in [1.165, 1.54) is 0 Å². The van der Waals surface area contributed by atoms with Crippen LogP contribution in [0, 0.1) is 6.92 Å². The molecule has 4 nitrogen and oxygen atoms in total. The first-order valence-electron chi connectivity index (χ1n) is 6.28. The largest absolute Gasteiger partial charge is 0.276 e. The van der Waals surface area contributed by atoms with Crippen molar-refractivity contribution in [1.29, 1.82) is 0 Å². The molecular weight excluding hydrogens is 352 g/mol. The van der Waals surface area contributed by atoms with Gasteiger partial charge in [-0.05, 0) is 32.0 Å². The number of nitrogens with one attached hydrogen (secondary N) is 1. The highest BCUT2D eigenvalue weighted by Gasteiger charge is 2.12. The van der Waals surface area contributed by atoms with Gasteiger partial charge in [0, 0.05) is 10.0 Å². The molecule has 1 N–H and O–H groups in total. The van der Waals surface area contributed by atoms with E-state index in [0.717, 1.165) is 15.6 Å². The summed E-state index contributed by atoms with van der Waals surface area (Å²) < 4.78 is 25.1. The molecular formula is C15H15BrN2O2S. The van der Waals surface area contributed by atoms with Crippen molar-refractivity contribution in [1.82, 2.24) is 4.83 Å². The van der Waals surface area contributed by atoms with Gasteiger partial charge in [0.15, 0.2) is 0 Å². The fraction of sp³-hybridized carbons (Fsp3) is 0.133. The van der Waals surface area contributed by atoms with Crippen molar-refractivity contribution in [3.05, 3.63) is 64.1 Å². The average molecular weight is 367 g/mol. The zero-order valence-corrected chi connectivity index (χ0v) is 14.1. The first kappa shape index (κ1) is 15.7. The summed E-state index contributed by atoms with van der Waals surface area (Å²) in [7, 11) is -3.65. The van der Waals surface area contributed by atoms with Crippen molar-refractivity contribution < 1.29 is 8.42 Å². The van der Waals surface area contributed by atoms with Gasteiger partial charge in [-0.15, -0.1) is 0 Å². The van der Waals surface area contributed by atoms with Gasteiger partial charge in [0.25, 0.3) is 10.0 Å². The van der Waals surface area contributed by atoms with Crippen LogP contribution in [0.3, 0.4) is 0 Å². The van der Waals surface area contributed by atoms with E-state index in [4.69, 9.17) is 0 Å². The van der Waals surface area contributed by atoms with Crippen molar-refractivity contribution in [3.8, 4) is 0 Å². The molecule has 2 aromatic rings. The van der Waals surface area contributed by atoms with Gasteiger partial charge in [-0.1, -0.05) is 51.8 Å². The van der Waals surface area contributed by atoms with Crippen LogP contribution >= 0.6 is 15.9 Å². The van der Waals surface area contributed by atoms with Crippen LogP contribution in [0.15, 0.2) is 63.0 Å². The topological polar surface area (TPSA) is 58.5 Å². The summed E-state index contributed by atoms with van der Waals surface area (Å²) >= 11 is 3.41. The number of hydrogen-bond donors (Lipinski definition) is 1. The maximum absolute atomic E-state index is 12.1. The zero-order valence-electron chi connectivity index (χ0n) is 11.7. The number of rotatable bonds is 4. The predicted octanol–water partition coefficient (Wildman–Crippen LogP) is 3.46. The monoisotopic (exact) mass is 366 g/mol. The van der Waals surface area contributed by atoms with E-state index >= 15 is 0 Å². The average Bonchev–Trinajstić information content (AvgIpc) is 2.46. The van der Waals surface area contributed by atoms with Crippen LogP contribution < -0.4 is 4.83 Å². The van der Waals surface area contributed by atoms with Gasteiger partial charge < -0.3 is 0 Å². The summed E-state index contributed by atoms with van der Waals surface area (Å²) in [5.74, 6) is 0. The quantitative estimate of drug-likeness (QED) is 0.665. The molecule has 0 aromatic heterocycles. The first-order chi connectivity index (χ1) is 9.90. The number of sulfonamides is 1. The Balaban J connectivity index is 2.23. The third-order valence-corrected chi connectivity index (χ3v) is 4.84. The Bertz CT molecular complexity index is 769. The van der Waals surface area contributed by atoms with E-state index in [9.17, 15) is 8.42 Å². The Morgan fingerprint density at radius 3 is 2.33 bits per heavy atom. The SMILES string of the molecule is CC(=NNS(=O)(=O)c1ccc(C)cc1)c1ccccc1Br. The van der Waals surface area contributed by atoms with Crippen molar-refractivity contribution in [2.75, 3.05) is 0 Å². The minimum atomic E-state index is -3.65. The summed E-state index contributed by atoms with van der Waals surface area (Å²) in [6.07, 6.45) is 0. The third kappa shape index (κ3) is 3.92. The maximum atomic E-state index is 12.1. The molecule has 0 aliphatic rings. The number of benzene rings is 2. The minimum Gasteiger partial charge on any atom is -0.200 e. The van der Waals surface area contributed by atoms with Gasteiger partial charge in [-0.3, -0.25) is 0 Å². The number of nitrogens with zero attached hydrogens (tertiary/aromatic N) is 1. The highest BCUT2D eigenvalue weighted by Crippen LogP contribution is 2.17. The lowest BCUT2D eigenvalue weighted by Gasteiger charge is -2.07. The summed E-state index contributed by atoms with van der Waals surface area (Å²) in [6.45, 7) is 3.65. The fourth-order valence-corrected chi connectivity index (χ4v) is 3.14. The number of aryl methyl sites for hydroxylation is 1. The van der Waals surface area contributed by atoms with Crippen molar-refractivity contribution >= 4 is 31.7 Å². The molecule has 0 spiro atoms. The summed E-state index contributed by atoms with van der Waals surface area (Å²) in [5, 5.41) is 3.97. The maximum Gasteiger partial charge on any atom is 0.276 e. The molecule has 0 radical (unpaired) electrons. The summed E-state index contributed by atoms with van der Waals surface area (Å²) in [6, 6.07) is 14.1. The Kier molecular flexibility index (Phi) is 4.80. The highest BCUT2D eigenvalue weighted by molar-refractivity contribution is 9.10. The molecule has 0 heterocycles. The van der Waals surface area contributed by atoms with Gasteiger partial charge in [-0.2, -0.15) is 18.4 Å². The van der Waals surface area contributed by atoms with Crippen LogP contribution in [0.2, 0.25) is 0 Å². The zero-order chi connectivity index (χ0) is 15.5. The molecule has 0 fully saturated rings. The van der Waals surface area contributed by atoms with Gasteiger partial charge in [0.2, 0.25) is 0 Å². The fourth-order valence-electron chi connectivity index (χ4n) is 1.71. The van der Waals surface area contributed by atoms with E-state index in [1.807, 2.05) is 31.2 Å². The summed E-state index contributed by atoms with van der Waals surface area (Å²) in [4.78, 5) is 2.45. The number of hydrazone groups is 1. The second-order valence-corrected chi connectivity index (χ2v) is 7.10. The summed E-state index contributed by atoms with van der Waals surface area (Å²) in [5.41, 5.74) is 2.42. The van der Waals surface area contributed by atoms with Crippen molar-refractivity contribution in [3.63, 3.8) is 0 Å².